The number of imidazole rings is 1. The smallest absolute Gasteiger partial charge is 0.271 e. The van der Waals surface area contributed by atoms with E-state index in [1.54, 1.807) is 29.2 Å². The Morgan fingerprint density at radius 2 is 1.86 bits per heavy atom. The molecule has 1 fully saturated rings. The fraction of sp³-hybridized carbons (Fsp3) is 0.263. The molecule has 0 aliphatic carbocycles. The van der Waals surface area contributed by atoms with Gasteiger partial charge in [-0.05, 0) is 17.7 Å². The van der Waals surface area contributed by atoms with Crippen LogP contribution < -0.4 is 10.2 Å². The summed E-state index contributed by atoms with van der Waals surface area (Å²) in [4.78, 5) is 27.4. The zero-order valence-electron chi connectivity index (χ0n) is 15.1. The van der Waals surface area contributed by atoms with E-state index in [0.29, 0.717) is 12.4 Å². The van der Waals surface area contributed by atoms with Gasteiger partial charge in [-0.3, -0.25) is 9.36 Å². The number of halogens is 1. The van der Waals surface area contributed by atoms with Crippen LogP contribution in [0.15, 0.2) is 49.2 Å². The summed E-state index contributed by atoms with van der Waals surface area (Å²) in [5, 5.41) is 2.78. The van der Waals surface area contributed by atoms with Gasteiger partial charge in [-0.2, -0.15) is 11.8 Å². The molecular weight excluding hydrogens is 379 g/mol. The van der Waals surface area contributed by atoms with Gasteiger partial charge in [0.05, 0.1) is 0 Å². The number of hydrogen-bond donors (Lipinski definition) is 1. The molecule has 1 N–H and O–H groups in total. The Morgan fingerprint density at radius 1 is 1.11 bits per heavy atom. The van der Waals surface area contributed by atoms with Crippen molar-refractivity contribution in [3.63, 3.8) is 0 Å². The number of thioether (sulfide) groups is 1. The third-order valence-corrected chi connectivity index (χ3v) is 5.36. The maximum absolute atomic E-state index is 12.9. The van der Waals surface area contributed by atoms with E-state index in [-0.39, 0.29) is 17.4 Å². The molecular formula is C19H19FN6OS. The minimum absolute atomic E-state index is 0.289. The van der Waals surface area contributed by atoms with Crippen molar-refractivity contribution in [3.8, 4) is 5.82 Å². The largest absolute Gasteiger partial charge is 0.355 e. The molecule has 28 heavy (non-hydrogen) atoms. The molecule has 0 atom stereocenters. The van der Waals surface area contributed by atoms with Crippen LogP contribution in [0.5, 0.6) is 0 Å². The molecule has 2 aromatic heterocycles. The van der Waals surface area contributed by atoms with Crippen LogP contribution in [0.3, 0.4) is 0 Å². The summed E-state index contributed by atoms with van der Waals surface area (Å²) in [6.45, 7) is 2.22. The Hall–Kier alpha value is -2.94. The molecule has 1 saturated heterocycles. The summed E-state index contributed by atoms with van der Waals surface area (Å²) in [5.41, 5.74) is 1.10. The molecule has 0 spiro atoms. The van der Waals surface area contributed by atoms with Crippen LogP contribution in [0.4, 0.5) is 10.2 Å². The second-order valence-corrected chi connectivity index (χ2v) is 7.53. The van der Waals surface area contributed by atoms with E-state index in [1.807, 2.05) is 17.8 Å². The third-order valence-electron chi connectivity index (χ3n) is 4.42. The fourth-order valence-electron chi connectivity index (χ4n) is 2.88. The van der Waals surface area contributed by atoms with E-state index in [0.717, 1.165) is 36.0 Å². The maximum atomic E-state index is 12.9. The van der Waals surface area contributed by atoms with Crippen molar-refractivity contribution in [3.05, 3.63) is 66.3 Å². The van der Waals surface area contributed by atoms with Crippen LogP contribution in [0.25, 0.3) is 5.82 Å². The number of anilines is 1. The number of nitrogens with zero attached hydrogens (tertiary/aromatic N) is 5. The van der Waals surface area contributed by atoms with Crippen molar-refractivity contribution in [1.29, 1.82) is 0 Å². The standard InChI is InChI=1S/C19H19FN6OS/c20-15-3-1-14(2-4-15)10-21-19(27)16-11-26(13-24-16)18-9-17(22-12-23-18)25-5-7-28-8-6-25/h1-4,9,11-13H,5-8,10H2,(H,21,27). The molecule has 0 radical (unpaired) electrons. The number of carbonyl (C=O) groups excluding carboxylic acids is 1. The Kier molecular flexibility index (Phi) is 5.52. The molecule has 0 unspecified atom stereocenters. The number of amides is 1. The van der Waals surface area contributed by atoms with E-state index in [2.05, 4.69) is 25.2 Å². The van der Waals surface area contributed by atoms with Gasteiger partial charge in [-0.15, -0.1) is 0 Å². The molecule has 4 rings (SSSR count). The van der Waals surface area contributed by atoms with Gasteiger partial charge in [0.2, 0.25) is 0 Å². The minimum Gasteiger partial charge on any atom is -0.355 e. The van der Waals surface area contributed by atoms with Crippen LogP contribution in [-0.2, 0) is 6.54 Å². The maximum Gasteiger partial charge on any atom is 0.271 e. The van der Waals surface area contributed by atoms with Crippen LogP contribution in [0.2, 0.25) is 0 Å². The average molecular weight is 398 g/mol. The van der Waals surface area contributed by atoms with E-state index in [9.17, 15) is 9.18 Å². The molecule has 7 nitrogen and oxygen atoms in total. The number of aromatic nitrogens is 4. The molecule has 0 bridgehead atoms. The Balaban J connectivity index is 1.43. The predicted octanol–water partition coefficient (Wildman–Crippen LogP) is 2.28. The topological polar surface area (TPSA) is 75.9 Å². The Bertz CT molecular complexity index is 955. The number of carbonyl (C=O) groups is 1. The summed E-state index contributed by atoms with van der Waals surface area (Å²) < 4.78 is 14.7. The highest BCUT2D eigenvalue weighted by Crippen LogP contribution is 2.18. The van der Waals surface area contributed by atoms with Crippen molar-refractivity contribution in [2.45, 2.75) is 6.54 Å². The molecule has 1 aliphatic rings. The van der Waals surface area contributed by atoms with Gasteiger partial charge in [0.1, 0.15) is 35.8 Å². The second-order valence-electron chi connectivity index (χ2n) is 6.31. The average Bonchev–Trinajstić information content (AvgIpc) is 3.24. The summed E-state index contributed by atoms with van der Waals surface area (Å²) in [6, 6.07) is 7.90. The summed E-state index contributed by atoms with van der Waals surface area (Å²) in [5.74, 6) is 3.10. The highest BCUT2D eigenvalue weighted by atomic mass is 32.2. The zero-order valence-corrected chi connectivity index (χ0v) is 15.9. The molecule has 3 aromatic rings. The first-order valence-corrected chi connectivity index (χ1v) is 10.1. The highest BCUT2D eigenvalue weighted by Gasteiger charge is 2.15. The molecule has 144 valence electrons. The molecule has 3 heterocycles. The number of hydrogen-bond acceptors (Lipinski definition) is 6. The SMILES string of the molecule is O=C(NCc1ccc(F)cc1)c1cn(-c2cc(N3CCSCC3)ncn2)cn1. The quantitative estimate of drug-likeness (QED) is 0.711. The van der Waals surface area contributed by atoms with Crippen molar-refractivity contribution >= 4 is 23.5 Å². The van der Waals surface area contributed by atoms with E-state index >= 15 is 0 Å². The van der Waals surface area contributed by atoms with Crippen molar-refractivity contribution in [1.82, 2.24) is 24.8 Å². The minimum atomic E-state index is -0.304. The first-order valence-electron chi connectivity index (χ1n) is 8.91. The lowest BCUT2D eigenvalue weighted by atomic mass is 10.2. The van der Waals surface area contributed by atoms with Gasteiger partial charge in [0.15, 0.2) is 0 Å². The molecule has 9 heteroatoms. The zero-order chi connectivity index (χ0) is 19.3. The van der Waals surface area contributed by atoms with Crippen molar-refractivity contribution in [2.75, 3.05) is 29.5 Å². The normalized spacial score (nSPS) is 14.1. The van der Waals surface area contributed by atoms with Crippen LogP contribution in [-0.4, -0.2) is 50.0 Å². The summed E-state index contributed by atoms with van der Waals surface area (Å²) in [7, 11) is 0. The van der Waals surface area contributed by atoms with E-state index in [1.165, 1.54) is 18.5 Å². The Morgan fingerprint density at radius 3 is 2.64 bits per heavy atom. The van der Waals surface area contributed by atoms with Gasteiger partial charge in [0, 0.05) is 43.4 Å². The molecule has 1 aromatic carbocycles. The van der Waals surface area contributed by atoms with Gasteiger partial charge in [0.25, 0.3) is 5.91 Å². The van der Waals surface area contributed by atoms with Crippen LogP contribution in [0, 0.1) is 5.82 Å². The molecule has 0 saturated carbocycles. The van der Waals surface area contributed by atoms with Crippen molar-refractivity contribution in [2.24, 2.45) is 0 Å². The number of benzene rings is 1. The van der Waals surface area contributed by atoms with Gasteiger partial charge >= 0.3 is 0 Å². The highest BCUT2D eigenvalue weighted by molar-refractivity contribution is 7.99. The van der Waals surface area contributed by atoms with Crippen LogP contribution >= 0.6 is 11.8 Å². The fourth-order valence-corrected chi connectivity index (χ4v) is 3.79. The first-order chi connectivity index (χ1) is 13.7. The lowest BCUT2D eigenvalue weighted by Crippen LogP contribution is -2.33. The second kappa shape index (κ2) is 8.39. The van der Waals surface area contributed by atoms with Crippen molar-refractivity contribution < 1.29 is 9.18 Å². The predicted molar refractivity (Wildman–Crippen MR) is 106 cm³/mol. The number of nitrogens with one attached hydrogen (secondary N) is 1. The molecule has 1 aliphatic heterocycles. The number of rotatable bonds is 5. The summed E-state index contributed by atoms with van der Waals surface area (Å²) in [6.07, 6.45) is 4.73. The Labute approximate surface area is 166 Å². The van der Waals surface area contributed by atoms with Crippen LogP contribution in [0.1, 0.15) is 16.1 Å². The monoisotopic (exact) mass is 398 g/mol. The lowest BCUT2D eigenvalue weighted by molar-refractivity contribution is 0.0946. The van der Waals surface area contributed by atoms with Gasteiger partial charge in [-0.1, -0.05) is 12.1 Å². The molecule has 1 amide bonds. The van der Waals surface area contributed by atoms with Gasteiger partial charge < -0.3 is 10.2 Å². The van der Waals surface area contributed by atoms with Gasteiger partial charge in [-0.25, -0.2) is 19.3 Å². The van der Waals surface area contributed by atoms with E-state index in [4.69, 9.17) is 0 Å². The third kappa shape index (κ3) is 4.30. The first kappa shape index (κ1) is 18.4. The summed E-state index contributed by atoms with van der Waals surface area (Å²) >= 11 is 1.94. The lowest BCUT2D eigenvalue weighted by Gasteiger charge is -2.27. The van der Waals surface area contributed by atoms with E-state index < -0.39 is 0 Å².